The predicted molar refractivity (Wildman–Crippen MR) is 106 cm³/mol. The molecule has 1 aliphatic rings. The molecule has 0 saturated carbocycles. The van der Waals surface area contributed by atoms with E-state index in [9.17, 15) is 8.42 Å². The number of hydrogen-bond donors (Lipinski definition) is 1. The summed E-state index contributed by atoms with van der Waals surface area (Å²) in [7, 11) is -3.11. The number of hydrogen-bond acceptors (Lipinski definition) is 5. The fourth-order valence-electron chi connectivity index (χ4n) is 3.14. The number of likely N-dealkylation sites (tertiary alicyclic amines) is 1. The summed E-state index contributed by atoms with van der Waals surface area (Å²) in [6.45, 7) is 4.79. The molecular formula is C20H27N3O3S. The molecule has 1 N–H and O–H groups in total. The molecule has 0 amide bonds. The number of piperidine rings is 1. The molecule has 1 saturated heterocycles. The smallest absolute Gasteiger partial charge is 0.211 e. The topological polar surface area (TPSA) is 71.5 Å². The fourth-order valence-corrected chi connectivity index (χ4v) is 4.05. The number of nitrogens with one attached hydrogen (secondary N) is 1. The lowest BCUT2D eigenvalue weighted by atomic mass is 10.1. The van der Waals surface area contributed by atoms with Crippen LogP contribution in [0, 0.1) is 0 Å². The standard InChI is InChI=1S/C20H27N3O3S/c1-2-27(24,25)22-18-10-13-23(14-11-18)15-17-6-8-20(9-7-17)26-16-19-5-3-4-12-21-19/h3-9,12,18,22H,2,10-11,13-16H2,1H3. The van der Waals surface area contributed by atoms with Crippen molar-refractivity contribution in [2.45, 2.75) is 39.0 Å². The molecule has 2 aromatic rings. The average molecular weight is 390 g/mol. The van der Waals surface area contributed by atoms with Crippen LogP contribution < -0.4 is 9.46 Å². The van der Waals surface area contributed by atoms with Crippen molar-refractivity contribution >= 4 is 10.0 Å². The van der Waals surface area contributed by atoms with Crippen molar-refractivity contribution in [2.24, 2.45) is 0 Å². The number of ether oxygens (including phenoxy) is 1. The van der Waals surface area contributed by atoms with Gasteiger partial charge >= 0.3 is 0 Å². The maximum absolute atomic E-state index is 11.7. The third-order valence-corrected chi connectivity index (χ3v) is 6.21. The first kappa shape index (κ1) is 19.8. The summed E-state index contributed by atoms with van der Waals surface area (Å²) in [4.78, 5) is 6.61. The van der Waals surface area contributed by atoms with Crippen LogP contribution in [0.3, 0.4) is 0 Å². The highest BCUT2D eigenvalue weighted by molar-refractivity contribution is 7.89. The SMILES string of the molecule is CCS(=O)(=O)NC1CCN(Cc2ccc(OCc3ccccn3)cc2)CC1. The first-order chi connectivity index (χ1) is 13.0. The molecule has 1 aromatic carbocycles. The summed E-state index contributed by atoms with van der Waals surface area (Å²) in [5, 5.41) is 0. The summed E-state index contributed by atoms with van der Waals surface area (Å²) in [5.41, 5.74) is 2.14. The van der Waals surface area contributed by atoms with E-state index in [0.717, 1.165) is 43.9 Å². The number of benzene rings is 1. The lowest BCUT2D eigenvalue weighted by Crippen LogP contribution is -2.44. The largest absolute Gasteiger partial charge is 0.487 e. The maximum Gasteiger partial charge on any atom is 0.211 e. The highest BCUT2D eigenvalue weighted by Gasteiger charge is 2.22. The Morgan fingerprint density at radius 3 is 2.52 bits per heavy atom. The van der Waals surface area contributed by atoms with Gasteiger partial charge in [0.15, 0.2) is 0 Å². The van der Waals surface area contributed by atoms with Gasteiger partial charge in [0.2, 0.25) is 10.0 Å². The van der Waals surface area contributed by atoms with E-state index in [1.165, 1.54) is 5.56 Å². The van der Waals surface area contributed by atoms with Crippen LogP contribution in [-0.2, 0) is 23.2 Å². The molecule has 27 heavy (non-hydrogen) atoms. The Balaban J connectivity index is 1.44. The van der Waals surface area contributed by atoms with Gasteiger partial charge in [-0.25, -0.2) is 13.1 Å². The Morgan fingerprint density at radius 2 is 1.89 bits per heavy atom. The van der Waals surface area contributed by atoms with Gasteiger partial charge in [0, 0.05) is 31.9 Å². The minimum atomic E-state index is -3.11. The van der Waals surface area contributed by atoms with Crippen molar-refractivity contribution in [3.8, 4) is 5.75 Å². The summed E-state index contributed by atoms with van der Waals surface area (Å²) in [6, 6.07) is 14.0. The summed E-state index contributed by atoms with van der Waals surface area (Å²) in [6.07, 6.45) is 3.47. The van der Waals surface area contributed by atoms with E-state index in [1.54, 1.807) is 13.1 Å². The van der Waals surface area contributed by atoms with Crippen molar-refractivity contribution in [1.82, 2.24) is 14.6 Å². The second-order valence-electron chi connectivity index (χ2n) is 6.83. The normalized spacial score (nSPS) is 16.3. The lowest BCUT2D eigenvalue weighted by molar-refractivity contribution is 0.200. The molecular weight excluding hydrogens is 362 g/mol. The van der Waals surface area contributed by atoms with Crippen LogP contribution in [0.25, 0.3) is 0 Å². The molecule has 0 bridgehead atoms. The van der Waals surface area contributed by atoms with Crippen LogP contribution in [0.4, 0.5) is 0 Å². The Morgan fingerprint density at radius 1 is 1.15 bits per heavy atom. The zero-order valence-electron chi connectivity index (χ0n) is 15.7. The van der Waals surface area contributed by atoms with Crippen molar-refractivity contribution < 1.29 is 13.2 Å². The predicted octanol–water partition coefficient (Wildman–Crippen LogP) is 2.56. The van der Waals surface area contributed by atoms with Crippen LogP contribution >= 0.6 is 0 Å². The van der Waals surface area contributed by atoms with Crippen molar-refractivity contribution in [3.63, 3.8) is 0 Å². The van der Waals surface area contributed by atoms with Crippen LogP contribution in [0.15, 0.2) is 48.7 Å². The third-order valence-electron chi connectivity index (χ3n) is 4.76. The van der Waals surface area contributed by atoms with E-state index in [-0.39, 0.29) is 11.8 Å². The van der Waals surface area contributed by atoms with E-state index in [4.69, 9.17) is 4.74 Å². The fraction of sp³-hybridized carbons (Fsp3) is 0.450. The molecule has 1 aromatic heterocycles. The van der Waals surface area contributed by atoms with E-state index >= 15 is 0 Å². The molecule has 2 heterocycles. The number of aromatic nitrogens is 1. The van der Waals surface area contributed by atoms with Crippen LogP contribution in [0.5, 0.6) is 5.75 Å². The number of pyridine rings is 1. The monoisotopic (exact) mass is 389 g/mol. The minimum Gasteiger partial charge on any atom is -0.487 e. The highest BCUT2D eigenvalue weighted by Crippen LogP contribution is 2.18. The molecule has 146 valence electrons. The van der Waals surface area contributed by atoms with Gasteiger partial charge in [0.05, 0.1) is 11.4 Å². The molecule has 3 rings (SSSR count). The van der Waals surface area contributed by atoms with E-state index in [1.807, 2.05) is 30.3 Å². The molecule has 0 unspecified atom stereocenters. The summed E-state index contributed by atoms with van der Waals surface area (Å²) >= 11 is 0. The quantitative estimate of drug-likeness (QED) is 0.751. The van der Waals surface area contributed by atoms with E-state index < -0.39 is 10.0 Å². The summed E-state index contributed by atoms with van der Waals surface area (Å²) < 4.78 is 31.9. The van der Waals surface area contributed by atoms with E-state index in [2.05, 4.69) is 26.7 Å². The maximum atomic E-state index is 11.7. The Hall–Kier alpha value is -1.96. The second-order valence-corrected chi connectivity index (χ2v) is 8.87. The molecule has 6 nitrogen and oxygen atoms in total. The molecule has 0 atom stereocenters. The van der Waals surface area contributed by atoms with E-state index in [0.29, 0.717) is 6.61 Å². The Bertz CT molecular complexity index is 802. The zero-order valence-corrected chi connectivity index (χ0v) is 16.5. The zero-order chi connectivity index (χ0) is 19.1. The van der Waals surface area contributed by atoms with Gasteiger partial charge in [0.25, 0.3) is 0 Å². The van der Waals surface area contributed by atoms with Crippen molar-refractivity contribution in [3.05, 3.63) is 59.9 Å². The van der Waals surface area contributed by atoms with Gasteiger partial charge in [-0.3, -0.25) is 9.88 Å². The number of rotatable bonds is 8. The lowest BCUT2D eigenvalue weighted by Gasteiger charge is -2.32. The van der Waals surface area contributed by atoms with Gasteiger partial charge in [-0.2, -0.15) is 0 Å². The third kappa shape index (κ3) is 6.30. The van der Waals surface area contributed by atoms with Gasteiger partial charge < -0.3 is 4.74 Å². The van der Waals surface area contributed by atoms with Crippen LogP contribution in [-0.4, -0.2) is 43.2 Å². The minimum absolute atomic E-state index is 0.0635. The van der Waals surface area contributed by atoms with Gasteiger partial charge in [-0.05, 0) is 49.6 Å². The van der Waals surface area contributed by atoms with Crippen LogP contribution in [0.2, 0.25) is 0 Å². The number of nitrogens with zero attached hydrogens (tertiary/aromatic N) is 2. The highest BCUT2D eigenvalue weighted by atomic mass is 32.2. The second kappa shape index (κ2) is 9.30. The van der Waals surface area contributed by atoms with Crippen LogP contribution in [0.1, 0.15) is 31.0 Å². The average Bonchev–Trinajstić information content (AvgIpc) is 2.70. The van der Waals surface area contributed by atoms with Gasteiger partial charge in [0.1, 0.15) is 12.4 Å². The van der Waals surface area contributed by atoms with Gasteiger partial charge in [-0.15, -0.1) is 0 Å². The molecule has 1 fully saturated rings. The first-order valence-electron chi connectivity index (χ1n) is 9.38. The molecule has 0 aliphatic carbocycles. The van der Waals surface area contributed by atoms with Crippen molar-refractivity contribution in [1.29, 1.82) is 0 Å². The molecule has 1 aliphatic heterocycles. The van der Waals surface area contributed by atoms with Gasteiger partial charge in [-0.1, -0.05) is 18.2 Å². The Labute approximate surface area is 161 Å². The first-order valence-corrected chi connectivity index (χ1v) is 11.0. The molecule has 0 spiro atoms. The number of sulfonamides is 1. The summed E-state index contributed by atoms with van der Waals surface area (Å²) in [5.74, 6) is 0.971. The van der Waals surface area contributed by atoms with Crippen molar-refractivity contribution in [2.75, 3.05) is 18.8 Å². The Kier molecular flexibility index (Phi) is 6.82. The molecule has 0 radical (unpaired) electrons. The molecule has 7 heteroatoms.